The monoisotopic (exact) mass is 659 g/mol. The van der Waals surface area contributed by atoms with Crippen molar-refractivity contribution in [3.05, 3.63) is 82.4 Å². The number of aryl methyl sites for hydroxylation is 2. The summed E-state index contributed by atoms with van der Waals surface area (Å²) < 4.78 is 3.66. The average molecular weight is 660 g/mol. The van der Waals surface area contributed by atoms with Crippen LogP contribution < -0.4 is 9.62 Å². The largest absolute Gasteiger partial charge is 0.370 e. The Morgan fingerprint density at radius 3 is 2.59 bits per heavy atom. The van der Waals surface area contributed by atoms with Crippen LogP contribution in [0.5, 0.6) is 0 Å². The van der Waals surface area contributed by atoms with Gasteiger partial charge in [-0.15, -0.1) is 0 Å². The minimum atomic E-state index is 0.498. The first-order valence-corrected chi connectivity index (χ1v) is 19.7. The Labute approximate surface area is 289 Å². The van der Waals surface area contributed by atoms with Crippen LogP contribution >= 0.6 is 23.5 Å². The van der Waals surface area contributed by atoms with Crippen molar-refractivity contribution in [1.82, 2.24) is 9.62 Å². The van der Waals surface area contributed by atoms with Crippen molar-refractivity contribution in [3.63, 3.8) is 0 Å². The van der Waals surface area contributed by atoms with E-state index in [-0.39, 0.29) is 0 Å². The maximum absolute atomic E-state index is 6.55. The second kappa shape index (κ2) is 15.6. The van der Waals surface area contributed by atoms with Gasteiger partial charge in [0.25, 0.3) is 0 Å². The predicted molar refractivity (Wildman–Crippen MR) is 202 cm³/mol. The molecule has 0 spiro atoms. The molecule has 3 heterocycles. The molecule has 3 nitrogen and oxygen atoms in total. The summed E-state index contributed by atoms with van der Waals surface area (Å²) in [4.78, 5) is 5.60. The molecular formula is C41H58ClN3S. The maximum Gasteiger partial charge on any atom is 0.0441 e. The van der Waals surface area contributed by atoms with E-state index in [2.05, 4.69) is 97.3 Å². The standard InChI is InChI=1S/C41H58ClN3S/c1-6-11-34-23-37(42)18-19-38(34)36-17-15-32-14-16-33-24-41(32)45(26-36)27-40-29(3)22-39(40)35(25-44-20-8-7-9-21-44)13-10-12-28(2)31(5)46-43-30(33)4/h10,13-14,16,18-19,23-24,28-29,31,35-36,39-40,43H,4,6-9,11-12,15,17,20-22,25-27H2,1-3,5H3/b13-10+. The molecule has 0 aromatic heterocycles. The molecule has 250 valence electrons. The molecule has 2 aromatic carbocycles. The number of hydrogen-bond donors (Lipinski definition) is 1. The van der Waals surface area contributed by atoms with Gasteiger partial charge in [-0.3, -0.25) is 0 Å². The van der Waals surface area contributed by atoms with Gasteiger partial charge in [0.1, 0.15) is 0 Å². The molecular weight excluding hydrogens is 602 g/mol. The zero-order valence-corrected chi connectivity index (χ0v) is 30.5. The van der Waals surface area contributed by atoms with Crippen LogP contribution in [0.1, 0.15) is 101 Å². The quantitative estimate of drug-likeness (QED) is 0.254. The van der Waals surface area contributed by atoms with Crippen molar-refractivity contribution in [2.45, 2.75) is 96.7 Å². The molecule has 2 bridgehead atoms. The molecule has 1 aliphatic carbocycles. The normalized spacial score (nSPS) is 31.7. The second-order valence-electron chi connectivity index (χ2n) is 15.2. The van der Waals surface area contributed by atoms with Crippen LogP contribution in [0.15, 0.2) is 55.1 Å². The molecule has 0 radical (unpaired) electrons. The highest BCUT2D eigenvalue weighted by molar-refractivity contribution is 7.98. The molecule has 7 unspecified atom stereocenters. The number of benzene rings is 2. The Kier molecular flexibility index (Phi) is 11.5. The van der Waals surface area contributed by atoms with Crippen LogP contribution in [0, 0.1) is 29.6 Å². The van der Waals surface area contributed by atoms with Crippen LogP contribution in [0.25, 0.3) is 5.70 Å². The zero-order valence-electron chi connectivity index (χ0n) is 28.9. The van der Waals surface area contributed by atoms with E-state index in [0.29, 0.717) is 28.9 Å². The Morgan fingerprint density at radius 1 is 0.978 bits per heavy atom. The Bertz CT molecular complexity index is 1370. The summed E-state index contributed by atoms with van der Waals surface area (Å²) >= 11 is 8.39. The number of allylic oxidation sites excluding steroid dienone is 1. The van der Waals surface area contributed by atoms with Gasteiger partial charge in [0.2, 0.25) is 0 Å². The number of nitrogens with one attached hydrogen (secondary N) is 1. The Hall–Kier alpha value is -1.88. The first-order valence-electron chi connectivity index (χ1n) is 18.5. The van der Waals surface area contributed by atoms with Crippen LogP contribution in [0.3, 0.4) is 0 Å². The number of halogens is 1. The number of piperidine rings is 1. The van der Waals surface area contributed by atoms with Gasteiger partial charge in [0.05, 0.1) is 0 Å². The van der Waals surface area contributed by atoms with E-state index < -0.39 is 0 Å². The number of rotatable bonds is 5. The van der Waals surface area contributed by atoms with Crippen LogP contribution in [-0.2, 0) is 12.8 Å². The van der Waals surface area contributed by atoms with E-state index in [1.54, 1.807) is 0 Å². The molecule has 1 saturated carbocycles. The van der Waals surface area contributed by atoms with Gasteiger partial charge in [-0.05, 0) is 140 Å². The van der Waals surface area contributed by atoms with Gasteiger partial charge in [-0.1, -0.05) is 89.1 Å². The summed E-state index contributed by atoms with van der Waals surface area (Å²) in [6, 6.07) is 13.9. The summed E-state index contributed by atoms with van der Waals surface area (Å²) in [5.74, 6) is 3.95. The Balaban J connectivity index is 1.36. The minimum absolute atomic E-state index is 0.498. The highest BCUT2D eigenvalue weighted by Gasteiger charge is 2.43. The van der Waals surface area contributed by atoms with Crippen molar-refractivity contribution in [2.24, 2.45) is 29.6 Å². The SMILES string of the molecule is C=C1NSC(C)C(C)C/C=C/C(CN2CCCCC2)C2CC(C)C2CN2CC(c3ccc(Cl)cc3CCC)CCc3ccc1cc32. The van der Waals surface area contributed by atoms with E-state index in [1.165, 1.54) is 79.7 Å². The molecule has 3 aliphatic heterocycles. The van der Waals surface area contributed by atoms with E-state index in [9.17, 15) is 0 Å². The summed E-state index contributed by atoms with van der Waals surface area (Å²) in [5.41, 5.74) is 8.14. The third-order valence-electron chi connectivity index (χ3n) is 11.9. The smallest absolute Gasteiger partial charge is 0.0441 e. The molecule has 1 saturated heterocycles. The van der Waals surface area contributed by atoms with Crippen LogP contribution in [0.4, 0.5) is 5.69 Å². The predicted octanol–water partition coefficient (Wildman–Crippen LogP) is 10.4. The van der Waals surface area contributed by atoms with Gasteiger partial charge in [-0.2, -0.15) is 0 Å². The van der Waals surface area contributed by atoms with Crippen LogP contribution in [-0.4, -0.2) is 42.9 Å². The van der Waals surface area contributed by atoms with E-state index in [4.69, 9.17) is 11.6 Å². The lowest BCUT2D eigenvalue weighted by molar-refractivity contribution is 0.0378. The minimum Gasteiger partial charge on any atom is -0.370 e. The lowest BCUT2D eigenvalue weighted by Crippen LogP contribution is -2.49. The lowest BCUT2D eigenvalue weighted by Gasteiger charge is -2.50. The zero-order chi connectivity index (χ0) is 32.2. The summed E-state index contributed by atoms with van der Waals surface area (Å²) in [5, 5.41) is 1.37. The maximum atomic E-state index is 6.55. The number of nitrogens with zero attached hydrogens (tertiary/aromatic N) is 2. The average Bonchev–Trinajstić information content (AvgIpc) is 3.23. The molecule has 1 N–H and O–H groups in total. The summed E-state index contributed by atoms with van der Waals surface area (Å²) in [7, 11) is 0. The molecule has 7 atom stereocenters. The molecule has 46 heavy (non-hydrogen) atoms. The van der Waals surface area contributed by atoms with Gasteiger partial charge < -0.3 is 14.5 Å². The fourth-order valence-corrected chi connectivity index (χ4v) is 9.76. The molecule has 0 amide bonds. The van der Waals surface area contributed by atoms with Crippen LogP contribution in [0.2, 0.25) is 5.02 Å². The molecule has 4 aliphatic rings. The van der Waals surface area contributed by atoms with Crippen molar-refractivity contribution < 1.29 is 0 Å². The molecule has 2 aromatic rings. The van der Waals surface area contributed by atoms with Gasteiger partial charge in [0.15, 0.2) is 0 Å². The Morgan fingerprint density at radius 2 is 1.80 bits per heavy atom. The number of anilines is 1. The fraction of sp³-hybridized carbons (Fsp3) is 0.610. The van der Waals surface area contributed by atoms with Crippen molar-refractivity contribution in [3.8, 4) is 0 Å². The topological polar surface area (TPSA) is 18.5 Å². The number of likely N-dealkylation sites (tertiary alicyclic amines) is 1. The highest BCUT2D eigenvalue weighted by atomic mass is 35.5. The van der Waals surface area contributed by atoms with Crippen molar-refractivity contribution >= 4 is 34.9 Å². The molecule has 6 rings (SSSR count). The highest BCUT2D eigenvalue weighted by Crippen LogP contribution is 2.48. The summed E-state index contributed by atoms with van der Waals surface area (Å²) in [6.45, 7) is 20.1. The molecule has 5 heteroatoms. The van der Waals surface area contributed by atoms with Crippen molar-refractivity contribution in [2.75, 3.05) is 37.6 Å². The lowest BCUT2D eigenvalue weighted by atomic mass is 9.60. The van der Waals surface area contributed by atoms with E-state index in [1.807, 2.05) is 11.9 Å². The van der Waals surface area contributed by atoms with E-state index in [0.717, 1.165) is 61.3 Å². The van der Waals surface area contributed by atoms with Gasteiger partial charge >= 0.3 is 0 Å². The van der Waals surface area contributed by atoms with Crippen molar-refractivity contribution in [1.29, 1.82) is 0 Å². The number of fused-ring (bicyclic) bond motifs is 2. The first-order chi connectivity index (χ1) is 22.3. The van der Waals surface area contributed by atoms with Gasteiger partial charge in [0, 0.05) is 47.2 Å². The summed E-state index contributed by atoms with van der Waals surface area (Å²) in [6.07, 6.45) is 16.4. The third-order valence-corrected chi connectivity index (χ3v) is 13.4. The first kappa shape index (κ1) is 34.0. The third kappa shape index (κ3) is 7.87. The van der Waals surface area contributed by atoms with E-state index >= 15 is 0 Å². The fourth-order valence-electron chi connectivity index (χ4n) is 8.77. The molecule has 2 fully saturated rings. The number of hydrogen-bond acceptors (Lipinski definition) is 4. The second-order valence-corrected chi connectivity index (χ2v) is 16.8. The van der Waals surface area contributed by atoms with Gasteiger partial charge in [-0.25, -0.2) is 0 Å².